The number of nitrogens with one attached hydrogen (secondary N) is 1. The number of carbonyl (C=O) groups is 1. The number of likely N-dealkylation sites (tertiary alicyclic amines) is 1. The SMILES string of the molecule is C[C@@H](N[C@@H]1CCN(C(=O)C2CCCC2)C1)c1ccc2c(c1)OCO2. The lowest BCUT2D eigenvalue weighted by Gasteiger charge is -2.22. The maximum absolute atomic E-state index is 12.5. The van der Waals surface area contributed by atoms with Crippen LogP contribution < -0.4 is 14.8 Å². The second-order valence-electron chi connectivity index (χ2n) is 7.25. The topological polar surface area (TPSA) is 50.8 Å². The van der Waals surface area contributed by atoms with Crippen LogP contribution in [0.4, 0.5) is 0 Å². The van der Waals surface area contributed by atoms with Gasteiger partial charge in [-0.05, 0) is 43.9 Å². The Bertz CT molecular complexity index is 613. The average Bonchev–Trinajstić information content (AvgIpc) is 3.34. The zero-order chi connectivity index (χ0) is 16.5. The Labute approximate surface area is 143 Å². The molecule has 130 valence electrons. The number of ether oxygens (including phenoxy) is 2. The molecule has 5 nitrogen and oxygen atoms in total. The zero-order valence-corrected chi connectivity index (χ0v) is 14.3. The fourth-order valence-corrected chi connectivity index (χ4v) is 4.16. The van der Waals surface area contributed by atoms with E-state index < -0.39 is 0 Å². The van der Waals surface area contributed by atoms with Crippen molar-refractivity contribution >= 4 is 5.91 Å². The predicted octanol–water partition coefficient (Wildman–Crippen LogP) is 2.86. The molecule has 0 radical (unpaired) electrons. The maximum atomic E-state index is 12.5. The summed E-state index contributed by atoms with van der Waals surface area (Å²) in [5.74, 6) is 2.31. The van der Waals surface area contributed by atoms with Crippen molar-refractivity contribution in [2.24, 2.45) is 5.92 Å². The van der Waals surface area contributed by atoms with Gasteiger partial charge in [-0.2, -0.15) is 0 Å². The highest BCUT2D eigenvalue weighted by Gasteiger charge is 2.32. The molecule has 3 aliphatic rings. The summed E-state index contributed by atoms with van der Waals surface area (Å²) in [6.45, 7) is 4.20. The summed E-state index contributed by atoms with van der Waals surface area (Å²) in [4.78, 5) is 14.6. The molecule has 0 unspecified atom stereocenters. The lowest BCUT2D eigenvalue weighted by Crippen LogP contribution is -2.38. The smallest absolute Gasteiger partial charge is 0.231 e. The Balaban J connectivity index is 1.33. The van der Waals surface area contributed by atoms with E-state index in [0.717, 1.165) is 43.9 Å². The summed E-state index contributed by atoms with van der Waals surface area (Å²) in [5.41, 5.74) is 1.19. The molecule has 1 saturated heterocycles. The number of rotatable bonds is 4. The molecule has 24 heavy (non-hydrogen) atoms. The van der Waals surface area contributed by atoms with Gasteiger partial charge in [0.1, 0.15) is 0 Å². The summed E-state index contributed by atoms with van der Waals surface area (Å²) in [7, 11) is 0. The van der Waals surface area contributed by atoms with Gasteiger partial charge in [0.2, 0.25) is 12.7 Å². The number of amides is 1. The van der Waals surface area contributed by atoms with Crippen molar-refractivity contribution < 1.29 is 14.3 Å². The van der Waals surface area contributed by atoms with Crippen LogP contribution in [0.25, 0.3) is 0 Å². The Kier molecular flexibility index (Phi) is 4.35. The minimum atomic E-state index is 0.228. The van der Waals surface area contributed by atoms with Crippen LogP contribution in [0.15, 0.2) is 18.2 Å². The van der Waals surface area contributed by atoms with Crippen LogP contribution in [-0.4, -0.2) is 36.7 Å². The Hall–Kier alpha value is -1.75. The number of hydrogen-bond acceptors (Lipinski definition) is 4. The second-order valence-corrected chi connectivity index (χ2v) is 7.25. The van der Waals surface area contributed by atoms with Gasteiger partial charge in [0, 0.05) is 31.1 Å². The largest absolute Gasteiger partial charge is 0.454 e. The summed E-state index contributed by atoms with van der Waals surface area (Å²) in [6.07, 6.45) is 5.63. The summed E-state index contributed by atoms with van der Waals surface area (Å²) < 4.78 is 10.8. The molecule has 5 heteroatoms. The van der Waals surface area contributed by atoms with Crippen molar-refractivity contribution in [3.05, 3.63) is 23.8 Å². The lowest BCUT2D eigenvalue weighted by molar-refractivity contribution is -0.134. The van der Waals surface area contributed by atoms with Gasteiger partial charge in [-0.1, -0.05) is 18.9 Å². The molecule has 1 aromatic carbocycles. The normalized spacial score (nSPS) is 24.5. The van der Waals surface area contributed by atoms with E-state index in [1.54, 1.807) is 0 Å². The first kappa shape index (κ1) is 15.8. The average molecular weight is 330 g/mol. The van der Waals surface area contributed by atoms with Gasteiger partial charge >= 0.3 is 0 Å². The van der Waals surface area contributed by atoms with Crippen LogP contribution in [0.3, 0.4) is 0 Å². The summed E-state index contributed by atoms with van der Waals surface area (Å²) in [5, 5.41) is 3.67. The van der Waals surface area contributed by atoms with Gasteiger partial charge in [0.05, 0.1) is 0 Å². The van der Waals surface area contributed by atoms with Gasteiger partial charge in [0.15, 0.2) is 11.5 Å². The van der Waals surface area contributed by atoms with Crippen LogP contribution in [0.5, 0.6) is 11.5 Å². The van der Waals surface area contributed by atoms with E-state index in [1.807, 2.05) is 6.07 Å². The van der Waals surface area contributed by atoms with Gasteiger partial charge in [-0.25, -0.2) is 0 Å². The number of hydrogen-bond donors (Lipinski definition) is 1. The molecule has 0 aromatic heterocycles. The molecular weight excluding hydrogens is 304 g/mol. The maximum Gasteiger partial charge on any atom is 0.231 e. The van der Waals surface area contributed by atoms with E-state index in [2.05, 4.69) is 29.3 Å². The van der Waals surface area contributed by atoms with E-state index in [0.29, 0.717) is 18.7 Å². The first-order valence-corrected chi connectivity index (χ1v) is 9.15. The van der Waals surface area contributed by atoms with E-state index in [-0.39, 0.29) is 12.0 Å². The van der Waals surface area contributed by atoms with E-state index in [9.17, 15) is 4.79 Å². The Morgan fingerprint density at radius 2 is 2.00 bits per heavy atom. The predicted molar refractivity (Wildman–Crippen MR) is 91.1 cm³/mol. The molecule has 1 N–H and O–H groups in total. The van der Waals surface area contributed by atoms with Crippen molar-refractivity contribution in [3.63, 3.8) is 0 Å². The minimum absolute atomic E-state index is 0.228. The number of carbonyl (C=O) groups excluding carboxylic acids is 1. The van der Waals surface area contributed by atoms with Gasteiger partial charge in [-0.15, -0.1) is 0 Å². The molecule has 1 aliphatic carbocycles. The third-order valence-electron chi connectivity index (χ3n) is 5.59. The summed E-state index contributed by atoms with van der Waals surface area (Å²) in [6, 6.07) is 6.71. The highest BCUT2D eigenvalue weighted by Crippen LogP contribution is 2.34. The molecule has 2 heterocycles. The quantitative estimate of drug-likeness (QED) is 0.922. The van der Waals surface area contributed by atoms with Gasteiger partial charge in [-0.3, -0.25) is 4.79 Å². The highest BCUT2D eigenvalue weighted by molar-refractivity contribution is 5.79. The highest BCUT2D eigenvalue weighted by atomic mass is 16.7. The van der Waals surface area contributed by atoms with Crippen LogP contribution in [0.1, 0.15) is 50.6 Å². The molecule has 0 bridgehead atoms. The number of fused-ring (bicyclic) bond motifs is 1. The molecule has 0 spiro atoms. The molecule has 4 rings (SSSR count). The van der Waals surface area contributed by atoms with E-state index >= 15 is 0 Å². The fourth-order valence-electron chi connectivity index (χ4n) is 4.16. The number of nitrogens with zero attached hydrogens (tertiary/aromatic N) is 1. The van der Waals surface area contributed by atoms with Crippen molar-refractivity contribution in [2.75, 3.05) is 19.9 Å². The first-order chi connectivity index (χ1) is 11.7. The number of benzene rings is 1. The van der Waals surface area contributed by atoms with Crippen LogP contribution >= 0.6 is 0 Å². The van der Waals surface area contributed by atoms with Crippen molar-refractivity contribution in [1.82, 2.24) is 10.2 Å². The third-order valence-corrected chi connectivity index (χ3v) is 5.59. The van der Waals surface area contributed by atoms with Gasteiger partial charge < -0.3 is 19.7 Å². The summed E-state index contributed by atoms with van der Waals surface area (Å²) >= 11 is 0. The molecule has 2 atom stereocenters. The van der Waals surface area contributed by atoms with Crippen LogP contribution in [0.2, 0.25) is 0 Å². The third kappa shape index (κ3) is 3.09. The van der Waals surface area contributed by atoms with E-state index in [4.69, 9.17) is 9.47 Å². The molecular formula is C19H26N2O3. The Morgan fingerprint density at radius 1 is 1.21 bits per heavy atom. The molecule has 1 saturated carbocycles. The molecule has 2 fully saturated rings. The van der Waals surface area contributed by atoms with Crippen molar-refractivity contribution in [3.8, 4) is 11.5 Å². The standard InChI is InChI=1S/C19H26N2O3/c1-13(15-6-7-17-18(10-15)24-12-23-17)20-16-8-9-21(11-16)19(22)14-4-2-3-5-14/h6-7,10,13-14,16,20H,2-5,8-9,11-12H2,1H3/t13-,16-/m1/s1. The Morgan fingerprint density at radius 3 is 2.83 bits per heavy atom. The van der Waals surface area contributed by atoms with Gasteiger partial charge in [0.25, 0.3) is 0 Å². The van der Waals surface area contributed by atoms with Crippen LogP contribution in [-0.2, 0) is 4.79 Å². The first-order valence-electron chi connectivity index (χ1n) is 9.15. The monoisotopic (exact) mass is 330 g/mol. The van der Waals surface area contributed by atoms with Crippen molar-refractivity contribution in [1.29, 1.82) is 0 Å². The fraction of sp³-hybridized carbons (Fsp3) is 0.632. The lowest BCUT2D eigenvalue weighted by atomic mass is 10.1. The molecule has 2 aliphatic heterocycles. The minimum Gasteiger partial charge on any atom is -0.454 e. The van der Waals surface area contributed by atoms with Crippen LogP contribution in [0, 0.1) is 5.92 Å². The van der Waals surface area contributed by atoms with Crippen molar-refractivity contribution in [2.45, 2.75) is 51.1 Å². The second kappa shape index (κ2) is 6.63. The molecule has 1 amide bonds. The zero-order valence-electron chi connectivity index (χ0n) is 14.3. The van der Waals surface area contributed by atoms with E-state index in [1.165, 1.54) is 18.4 Å². The molecule has 1 aromatic rings.